The number of nitrogens with zero attached hydrogens (tertiary/aromatic N) is 4. The summed E-state index contributed by atoms with van der Waals surface area (Å²) >= 11 is 0. The third-order valence-electron chi connectivity index (χ3n) is 4.74. The van der Waals surface area contributed by atoms with E-state index in [2.05, 4.69) is 132 Å². The van der Waals surface area contributed by atoms with Crippen molar-refractivity contribution in [2.75, 3.05) is 41.3 Å². The molecule has 0 unspecified atom stereocenters. The second kappa shape index (κ2) is 20.6. The molecule has 0 aliphatic heterocycles. The number of likely N-dealkylation sites (N-methyl/N-ethyl adjacent to an activating group) is 2. The van der Waals surface area contributed by atoms with Gasteiger partial charge in [-0.15, -0.1) is 5.76 Å². The van der Waals surface area contributed by atoms with Crippen molar-refractivity contribution in [1.82, 2.24) is 9.80 Å². The van der Waals surface area contributed by atoms with Crippen LogP contribution in [0.4, 0.5) is 0 Å². The van der Waals surface area contributed by atoms with Gasteiger partial charge in [-0.05, 0) is 58.0 Å². The number of amidine groups is 1. The largest absolute Gasteiger partial charge is 2.00 e. The van der Waals surface area contributed by atoms with E-state index in [1.54, 1.807) is 0 Å². The Labute approximate surface area is 262 Å². The van der Waals surface area contributed by atoms with Gasteiger partial charge in [-0.25, -0.2) is 0 Å². The van der Waals surface area contributed by atoms with E-state index in [9.17, 15) is 9.90 Å². The molecule has 0 N–H and O–H groups in total. The molecular formula is C32H52N4NiO2Si2. The van der Waals surface area contributed by atoms with Gasteiger partial charge in [-0.2, -0.15) is 0 Å². The molecule has 0 heterocycles. The number of rotatable bonds is 9. The molecule has 0 aliphatic rings. The molecule has 0 spiro atoms. The first-order valence-electron chi connectivity index (χ1n) is 13.7. The number of benzene rings is 2. The van der Waals surface area contributed by atoms with Crippen LogP contribution < -0.4 is 5.11 Å². The summed E-state index contributed by atoms with van der Waals surface area (Å²) in [6.07, 6.45) is 1.06. The van der Waals surface area contributed by atoms with Crippen LogP contribution in [0.25, 0.3) is 10.7 Å². The van der Waals surface area contributed by atoms with Crippen LogP contribution in [-0.2, 0) is 21.3 Å². The molecule has 6 nitrogen and oxygen atoms in total. The van der Waals surface area contributed by atoms with E-state index in [4.69, 9.17) is 9.97 Å². The summed E-state index contributed by atoms with van der Waals surface area (Å²) < 4.78 is 0. The molecular weight excluding hydrogens is 587 g/mol. The second-order valence-corrected chi connectivity index (χ2v) is 21.9. The number of carbonyl (C=O) groups excluding carboxylic acids is 1. The average molecular weight is 640 g/mol. The third kappa shape index (κ3) is 24.1. The van der Waals surface area contributed by atoms with Gasteiger partial charge in [0.05, 0.1) is 8.07 Å². The predicted molar refractivity (Wildman–Crippen MR) is 179 cm³/mol. The number of hydrogen-bond donors (Lipinski definition) is 0. The minimum Gasteiger partial charge on any atom is -0.876 e. The van der Waals surface area contributed by atoms with Crippen LogP contribution in [0, 0.1) is 0 Å². The Balaban J connectivity index is 0. The summed E-state index contributed by atoms with van der Waals surface area (Å²) in [6.45, 7) is 18.7. The Morgan fingerprint density at radius 1 is 0.805 bits per heavy atom. The molecule has 0 aliphatic carbocycles. The number of hydrogen-bond acceptors (Lipinski definition) is 5. The van der Waals surface area contributed by atoms with E-state index in [1.165, 1.54) is 13.8 Å². The molecule has 0 amide bonds. The van der Waals surface area contributed by atoms with Crippen molar-refractivity contribution in [3.8, 4) is 0 Å². The number of allylic oxidation sites excluding steroid dienone is 2. The minimum absolute atomic E-state index is 0. The van der Waals surface area contributed by atoms with Crippen LogP contribution in [0.15, 0.2) is 83.2 Å². The van der Waals surface area contributed by atoms with Crippen LogP contribution in [-0.4, -0.2) is 79.0 Å². The second-order valence-electron chi connectivity index (χ2n) is 12.3. The molecule has 2 aromatic rings. The molecule has 0 fully saturated rings. The summed E-state index contributed by atoms with van der Waals surface area (Å²) in [5.41, 5.74) is 5.65. The summed E-state index contributed by atoms with van der Waals surface area (Å²) in [7, 11) is 5.27. The summed E-state index contributed by atoms with van der Waals surface area (Å²) in [5, 5.41) is 9.98. The van der Waals surface area contributed by atoms with Crippen molar-refractivity contribution in [1.29, 1.82) is 0 Å². The molecule has 2 aromatic carbocycles. The minimum atomic E-state index is -1.65. The quantitative estimate of drug-likeness (QED) is 0.103. The van der Waals surface area contributed by atoms with Gasteiger partial charge >= 0.3 is 16.5 Å². The van der Waals surface area contributed by atoms with Crippen molar-refractivity contribution < 1.29 is 26.4 Å². The zero-order valence-corrected chi connectivity index (χ0v) is 30.3. The molecule has 0 saturated heterocycles. The Morgan fingerprint density at radius 3 is 1.51 bits per heavy atom. The Hall–Kier alpha value is -2.29. The van der Waals surface area contributed by atoms with Gasteiger partial charge < -0.3 is 24.9 Å². The molecule has 0 atom stereocenters. The summed E-state index contributed by atoms with van der Waals surface area (Å²) in [5.74, 6) is 0.480. The standard InChI is InChI=1S/C21H29N2Si2.C6H16N2.C5H8O2.Ni/c1-24(2,3)17-20(18-13-9-7-10-14-18)22-21(23-25(4,5)6)19-15-11-8-12-16-19;1-7(2)5-6-8(3)4;1-4(6)3-5(2)7;/h7-17H,1-6H3;5-6H2,1-4H3;3,6H,1-2H3;/q-1;;;+2/p-1/b20-17+;;4-3+;. The van der Waals surface area contributed by atoms with E-state index in [1.807, 2.05) is 12.1 Å². The SMILES string of the molecule is CC(=O)/C=C(\C)[O-].CN(C)CCN(C)C.C[Si](C)(C)/C=C(/N=C([N-][Si](C)(C)C)c1ccccc1)c1ccccc1.[Ni+2]. The molecule has 9 heteroatoms. The fourth-order valence-electron chi connectivity index (χ4n) is 3.06. The van der Waals surface area contributed by atoms with Gasteiger partial charge in [-0.3, -0.25) is 4.79 Å². The first kappa shape index (κ1) is 40.8. The van der Waals surface area contributed by atoms with E-state index in [0.717, 1.165) is 41.8 Å². The molecule has 2 rings (SSSR count). The van der Waals surface area contributed by atoms with Crippen molar-refractivity contribution >= 4 is 33.6 Å². The first-order valence-corrected chi connectivity index (χ1v) is 20.7. The van der Waals surface area contributed by atoms with Crippen molar-refractivity contribution in [3.05, 3.63) is 94.3 Å². The van der Waals surface area contributed by atoms with Crippen molar-refractivity contribution in [2.45, 2.75) is 53.1 Å². The maximum atomic E-state index is 9.98. The molecule has 0 saturated carbocycles. The molecule has 230 valence electrons. The van der Waals surface area contributed by atoms with Crippen LogP contribution in [0.1, 0.15) is 25.0 Å². The summed E-state index contributed by atoms with van der Waals surface area (Å²) in [4.78, 5) is 24.4. The zero-order valence-electron chi connectivity index (χ0n) is 27.3. The molecule has 0 radical (unpaired) electrons. The predicted octanol–water partition coefficient (Wildman–Crippen LogP) is 6.51. The smallest absolute Gasteiger partial charge is 0.876 e. The van der Waals surface area contributed by atoms with Crippen LogP contribution in [0.2, 0.25) is 39.3 Å². The normalized spacial score (nSPS) is 12.5. The van der Waals surface area contributed by atoms with Gasteiger partial charge in [0.2, 0.25) is 0 Å². The number of carbonyl (C=O) groups is 1. The van der Waals surface area contributed by atoms with Gasteiger partial charge in [0, 0.05) is 21.3 Å². The topological polar surface area (TPSA) is 73.1 Å². The fraction of sp³-hybridized carbons (Fsp3) is 0.438. The van der Waals surface area contributed by atoms with E-state index in [-0.39, 0.29) is 28.0 Å². The van der Waals surface area contributed by atoms with Crippen LogP contribution >= 0.6 is 0 Å². The van der Waals surface area contributed by atoms with Crippen molar-refractivity contribution in [3.63, 3.8) is 0 Å². The summed E-state index contributed by atoms with van der Waals surface area (Å²) in [6, 6.07) is 20.8. The zero-order chi connectivity index (χ0) is 30.9. The maximum Gasteiger partial charge on any atom is 2.00 e. The molecule has 0 bridgehead atoms. The Bertz CT molecular complexity index is 1080. The van der Waals surface area contributed by atoms with E-state index < -0.39 is 16.3 Å². The van der Waals surface area contributed by atoms with E-state index in [0.29, 0.717) is 0 Å². The van der Waals surface area contributed by atoms with Crippen LogP contribution in [0.5, 0.6) is 0 Å². The Morgan fingerprint density at radius 2 is 1.22 bits per heavy atom. The van der Waals surface area contributed by atoms with E-state index >= 15 is 0 Å². The average Bonchev–Trinajstić information content (AvgIpc) is 2.81. The maximum absolute atomic E-state index is 9.98. The first-order chi connectivity index (χ1) is 18.4. The van der Waals surface area contributed by atoms with Crippen molar-refractivity contribution in [2.24, 2.45) is 4.99 Å². The third-order valence-corrected chi connectivity index (χ3v) is 6.76. The van der Waals surface area contributed by atoms with Crippen LogP contribution in [0.3, 0.4) is 0 Å². The molecule has 0 aromatic heterocycles. The Kier molecular flexibility index (Phi) is 20.5. The number of ketones is 1. The molecule has 41 heavy (non-hydrogen) atoms. The number of aliphatic imine (C=N–C) groups is 1. The monoisotopic (exact) mass is 638 g/mol. The fourth-order valence-corrected chi connectivity index (χ4v) is 4.92. The van der Waals surface area contributed by atoms with Gasteiger partial charge in [0.1, 0.15) is 0 Å². The van der Waals surface area contributed by atoms with Gasteiger partial charge in [0.15, 0.2) is 5.78 Å². The van der Waals surface area contributed by atoms with Gasteiger partial charge in [0.25, 0.3) is 0 Å². The van der Waals surface area contributed by atoms with Gasteiger partial charge in [-0.1, -0.05) is 118 Å².